The molecule has 0 saturated carbocycles. The predicted octanol–water partition coefficient (Wildman–Crippen LogP) is 2.76. The zero-order valence-corrected chi connectivity index (χ0v) is 15.8. The van der Waals surface area contributed by atoms with Gasteiger partial charge in [0.25, 0.3) is 0 Å². The molecule has 0 bridgehead atoms. The number of rotatable bonds is 6. The van der Waals surface area contributed by atoms with Gasteiger partial charge in [-0.2, -0.15) is 0 Å². The summed E-state index contributed by atoms with van der Waals surface area (Å²) in [5, 5.41) is 3.79. The van der Waals surface area contributed by atoms with Gasteiger partial charge < -0.3 is 14.6 Å². The van der Waals surface area contributed by atoms with E-state index in [0.29, 0.717) is 12.3 Å². The lowest BCUT2D eigenvalue weighted by Gasteiger charge is -2.18. The third-order valence-electron chi connectivity index (χ3n) is 4.66. The van der Waals surface area contributed by atoms with Crippen LogP contribution in [0.3, 0.4) is 0 Å². The first-order valence-corrected chi connectivity index (χ1v) is 8.83. The van der Waals surface area contributed by atoms with Gasteiger partial charge in [-0.15, -0.1) is 0 Å². The number of nitrogens with one attached hydrogen (secondary N) is 1. The lowest BCUT2D eigenvalue weighted by Crippen LogP contribution is -2.38. The number of likely N-dealkylation sites (N-methyl/N-ethyl adjacent to an activating group) is 1. The molecule has 2 heterocycles. The van der Waals surface area contributed by atoms with Crippen LogP contribution in [0.2, 0.25) is 0 Å². The second-order valence-corrected chi connectivity index (χ2v) is 6.60. The zero-order chi connectivity index (χ0) is 19.4. The maximum Gasteiger partial charge on any atom is 0.239 e. The Bertz CT molecular complexity index is 964. The summed E-state index contributed by atoms with van der Waals surface area (Å²) in [6.45, 7) is 4.23. The van der Waals surface area contributed by atoms with Crippen molar-refractivity contribution in [3.63, 3.8) is 0 Å². The van der Waals surface area contributed by atoms with Crippen molar-refractivity contribution in [3.8, 4) is 0 Å². The van der Waals surface area contributed by atoms with E-state index in [-0.39, 0.29) is 24.8 Å². The van der Waals surface area contributed by atoms with Crippen LogP contribution in [-0.2, 0) is 22.6 Å². The maximum atomic E-state index is 12.6. The summed E-state index contributed by atoms with van der Waals surface area (Å²) in [7, 11) is 1.63. The number of benzene rings is 1. The first kappa shape index (κ1) is 18.6. The Morgan fingerprint density at radius 3 is 2.67 bits per heavy atom. The summed E-state index contributed by atoms with van der Waals surface area (Å²) in [5.41, 5.74) is 3.74. The summed E-state index contributed by atoms with van der Waals surface area (Å²) in [5.74, 6) is 0.324. The summed E-state index contributed by atoms with van der Waals surface area (Å²) in [4.78, 5) is 30.7. The van der Waals surface area contributed by atoms with Gasteiger partial charge in [-0.1, -0.05) is 18.2 Å². The lowest BCUT2D eigenvalue weighted by atomic mass is 9.99. The SMILES string of the molecule is Cc1nc2ccccc2c(C)c1CC(=O)N(C)CC(=O)NCc1ccco1. The summed E-state index contributed by atoms with van der Waals surface area (Å²) in [6.07, 6.45) is 1.77. The van der Waals surface area contributed by atoms with E-state index >= 15 is 0 Å². The Hall–Kier alpha value is -3.15. The summed E-state index contributed by atoms with van der Waals surface area (Å²) >= 11 is 0. The molecule has 3 aromatic rings. The second kappa shape index (κ2) is 8.03. The molecule has 140 valence electrons. The molecule has 0 radical (unpaired) electrons. The third kappa shape index (κ3) is 4.34. The number of carbonyl (C=O) groups is 2. The van der Waals surface area contributed by atoms with Crippen molar-refractivity contribution in [1.29, 1.82) is 0 Å². The molecule has 3 rings (SSSR count). The molecule has 0 aliphatic rings. The molecule has 0 spiro atoms. The molecule has 0 fully saturated rings. The smallest absolute Gasteiger partial charge is 0.239 e. The Labute approximate surface area is 158 Å². The van der Waals surface area contributed by atoms with Crippen LogP contribution >= 0.6 is 0 Å². The summed E-state index contributed by atoms with van der Waals surface area (Å²) in [6, 6.07) is 11.4. The number of hydrogen-bond acceptors (Lipinski definition) is 4. The van der Waals surface area contributed by atoms with Gasteiger partial charge in [0.15, 0.2) is 0 Å². The Morgan fingerprint density at radius 2 is 1.93 bits per heavy atom. The molecule has 1 N–H and O–H groups in total. The van der Waals surface area contributed by atoms with Crippen LogP contribution in [-0.4, -0.2) is 35.3 Å². The van der Waals surface area contributed by atoms with Gasteiger partial charge in [0, 0.05) is 18.1 Å². The molecule has 0 aliphatic heterocycles. The number of para-hydroxylation sites is 1. The molecular formula is C21H23N3O3. The topological polar surface area (TPSA) is 75.4 Å². The molecule has 1 aromatic carbocycles. The number of aryl methyl sites for hydroxylation is 2. The van der Waals surface area contributed by atoms with Crippen molar-refractivity contribution in [1.82, 2.24) is 15.2 Å². The zero-order valence-electron chi connectivity index (χ0n) is 15.8. The Kier molecular flexibility index (Phi) is 5.54. The van der Waals surface area contributed by atoms with Crippen molar-refractivity contribution in [3.05, 3.63) is 65.2 Å². The van der Waals surface area contributed by atoms with Crippen LogP contribution in [0.15, 0.2) is 47.1 Å². The van der Waals surface area contributed by atoms with Crippen molar-refractivity contribution in [2.45, 2.75) is 26.8 Å². The number of fused-ring (bicyclic) bond motifs is 1. The van der Waals surface area contributed by atoms with Gasteiger partial charge >= 0.3 is 0 Å². The number of nitrogens with zero attached hydrogens (tertiary/aromatic N) is 2. The van der Waals surface area contributed by atoms with Gasteiger partial charge in [0.1, 0.15) is 5.76 Å². The van der Waals surface area contributed by atoms with E-state index < -0.39 is 0 Å². The highest BCUT2D eigenvalue weighted by Crippen LogP contribution is 2.23. The van der Waals surface area contributed by atoms with E-state index in [1.54, 1.807) is 25.4 Å². The van der Waals surface area contributed by atoms with Crippen molar-refractivity contribution >= 4 is 22.7 Å². The molecule has 6 nitrogen and oxygen atoms in total. The molecule has 2 aromatic heterocycles. The molecule has 6 heteroatoms. The molecule has 0 aliphatic carbocycles. The highest BCUT2D eigenvalue weighted by Gasteiger charge is 2.17. The molecular weight excluding hydrogens is 342 g/mol. The van der Waals surface area contributed by atoms with Crippen LogP contribution < -0.4 is 5.32 Å². The Balaban J connectivity index is 1.64. The first-order chi connectivity index (χ1) is 13.0. The maximum absolute atomic E-state index is 12.6. The van der Waals surface area contributed by atoms with E-state index in [2.05, 4.69) is 10.3 Å². The number of furan rings is 1. The monoisotopic (exact) mass is 365 g/mol. The quantitative estimate of drug-likeness (QED) is 0.729. The molecule has 0 unspecified atom stereocenters. The highest BCUT2D eigenvalue weighted by molar-refractivity contribution is 5.88. The molecule has 0 saturated heterocycles. The number of aromatic nitrogens is 1. The number of hydrogen-bond donors (Lipinski definition) is 1. The van der Waals surface area contributed by atoms with Crippen LogP contribution in [0.25, 0.3) is 10.9 Å². The third-order valence-corrected chi connectivity index (χ3v) is 4.66. The summed E-state index contributed by atoms with van der Waals surface area (Å²) < 4.78 is 5.17. The van der Waals surface area contributed by atoms with E-state index in [0.717, 1.165) is 27.7 Å². The minimum Gasteiger partial charge on any atom is -0.467 e. The lowest BCUT2D eigenvalue weighted by molar-refractivity contribution is -0.134. The minimum atomic E-state index is -0.229. The Morgan fingerprint density at radius 1 is 1.15 bits per heavy atom. The van der Waals surface area contributed by atoms with Gasteiger partial charge in [0.2, 0.25) is 11.8 Å². The van der Waals surface area contributed by atoms with Gasteiger partial charge in [-0.05, 0) is 43.2 Å². The average Bonchev–Trinajstić information content (AvgIpc) is 3.17. The standard InChI is InChI=1S/C21H23N3O3/c1-14-17-8-4-5-9-19(17)23-15(2)18(14)11-21(26)24(3)13-20(25)22-12-16-7-6-10-27-16/h4-10H,11-13H2,1-3H3,(H,22,25). The normalized spacial score (nSPS) is 10.8. The van der Waals surface area contributed by atoms with E-state index in [9.17, 15) is 9.59 Å². The minimum absolute atomic E-state index is 0.00134. The van der Waals surface area contributed by atoms with Crippen molar-refractivity contribution < 1.29 is 14.0 Å². The van der Waals surface area contributed by atoms with Crippen molar-refractivity contribution in [2.75, 3.05) is 13.6 Å². The van der Waals surface area contributed by atoms with Gasteiger partial charge in [0.05, 0.1) is 31.3 Å². The van der Waals surface area contributed by atoms with E-state index in [4.69, 9.17) is 4.42 Å². The first-order valence-electron chi connectivity index (χ1n) is 8.83. The fourth-order valence-electron chi connectivity index (χ4n) is 3.08. The van der Waals surface area contributed by atoms with Crippen LogP contribution in [0.1, 0.15) is 22.6 Å². The highest BCUT2D eigenvalue weighted by atomic mass is 16.3. The predicted molar refractivity (Wildman–Crippen MR) is 103 cm³/mol. The number of amides is 2. The largest absolute Gasteiger partial charge is 0.467 e. The van der Waals surface area contributed by atoms with Crippen LogP contribution in [0.4, 0.5) is 0 Å². The van der Waals surface area contributed by atoms with E-state index in [1.807, 2.05) is 38.1 Å². The van der Waals surface area contributed by atoms with Crippen LogP contribution in [0.5, 0.6) is 0 Å². The molecule has 2 amide bonds. The molecule has 0 atom stereocenters. The van der Waals surface area contributed by atoms with E-state index in [1.165, 1.54) is 4.90 Å². The second-order valence-electron chi connectivity index (χ2n) is 6.60. The fourth-order valence-corrected chi connectivity index (χ4v) is 3.08. The number of carbonyl (C=O) groups excluding carboxylic acids is 2. The average molecular weight is 365 g/mol. The van der Waals surface area contributed by atoms with Gasteiger partial charge in [-0.25, -0.2) is 0 Å². The number of pyridine rings is 1. The van der Waals surface area contributed by atoms with Crippen molar-refractivity contribution in [2.24, 2.45) is 0 Å². The van der Waals surface area contributed by atoms with Crippen LogP contribution in [0, 0.1) is 13.8 Å². The van der Waals surface area contributed by atoms with Gasteiger partial charge in [-0.3, -0.25) is 14.6 Å². The fraction of sp³-hybridized carbons (Fsp3) is 0.286. The molecule has 27 heavy (non-hydrogen) atoms.